The molecule has 0 saturated carbocycles. The topological polar surface area (TPSA) is 64.7 Å². The molecule has 1 aromatic heterocycles. The quantitative estimate of drug-likeness (QED) is 0.530. The molecule has 2 N–H and O–H groups in total. The minimum Gasteiger partial charge on any atom is -0.368 e. The summed E-state index contributed by atoms with van der Waals surface area (Å²) in [5.74, 6) is 0.208. The van der Waals surface area contributed by atoms with Crippen LogP contribution in [0.3, 0.4) is 0 Å². The van der Waals surface area contributed by atoms with Crippen molar-refractivity contribution in [2.24, 2.45) is 0 Å². The van der Waals surface area contributed by atoms with E-state index in [1.165, 1.54) is 0 Å². The Hall–Kier alpha value is -1.26. The van der Waals surface area contributed by atoms with Crippen molar-refractivity contribution in [3.8, 4) is 0 Å². The zero-order chi connectivity index (χ0) is 6.85. The van der Waals surface area contributed by atoms with Crippen LogP contribution in [0.15, 0.2) is 0 Å². The van der Waals surface area contributed by atoms with E-state index in [0.29, 0.717) is 5.82 Å². The molecule has 1 aromatic rings. The smallest absolute Gasteiger partial charge is 0.313 e. The third-order valence-electron chi connectivity index (χ3n) is 0.737. The Labute approximate surface area is 51.0 Å². The van der Waals surface area contributed by atoms with E-state index in [1.807, 2.05) is 0 Å². The first kappa shape index (κ1) is 5.87. The Bertz CT molecular complexity index is 173. The van der Waals surface area contributed by atoms with Gasteiger partial charge in [0.2, 0.25) is 5.95 Å². The molecular weight excluding hydrogens is 123 g/mol. The summed E-state index contributed by atoms with van der Waals surface area (Å²) in [5, 5.41) is 0. The monoisotopic (exact) mass is 128 g/mol. The Morgan fingerprint density at radius 2 is 2.00 bits per heavy atom. The molecule has 1 heterocycles. The van der Waals surface area contributed by atoms with Crippen LogP contribution in [0.2, 0.25) is 0 Å². The van der Waals surface area contributed by atoms with Crippen molar-refractivity contribution >= 4 is 5.95 Å². The third kappa shape index (κ3) is 1.31. The van der Waals surface area contributed by atoms with E-state index in [4.69, 9.17) is 5.73 Å². The predicted octanol–water partition coefficient (Wildman–Crippen LogP) is -0.0987. The number of halogens is 1. The summed E-state index contributed by atoms with van der Waals surface area (Å²) in [6, 6.07) is 0. The lowest BCUT2D eigenvalue weighted by Gasteiger charge is -1.91. The number of hydrogen-bond acceptors (Lipinski definition) is 4. The Morgan fingerprint density at radius 3 is 2.44 bits per heavy atom. The molecule has 9 heavy (non-hydrogen) atoms. The summed E-state index contributed by atoms with van der Waals surface area (Å²) >= 11 is 0. The van der Waals surface area contributed by atoms with Gasteiger partial charge in [0.25, 0.3) is 0 Å². The Morgan fingerprint density at radius 1 is 1.33 bits per heavy atom. The van der Waals surface area contributed by atoms with Gasteiger partial charge in [-0.15, -0.1) is 0 Å². The maximum atomic E-state index is 12.1. The van der Waals surface area contributed by atoms with Gasteiger partial charge in [0.15, 0.2) is 0 Å². The van der Waals surface area contributed by atoms with E-state index < -0.39 is 6.08 Å². The minimum atomic E-state index is -0.833. The second kappa shape index (κ2) is 1.93. The molecule has 4 nitrogen and oxygen atoms in total. The molecule has 1 rings (SSSR count). The molecule has 0 aromatic carbocycles. The Kier molecular flexibility index (Phi) is 1.26. The highest BCUT2D eigenvalue weighted by molar-refractivity contribution is 5.12. The fourth-order valence-corrected chi connectivity index (χ4v) is 0.469. The number of anilines is 1. The first-order valence-electron chi connectivity index (χ1n) is 2.32. The molecule has 0 aliphatic carbocycles. The van der Waals surface area contributed by atoms with Crippen molar-refractivity contribution < 1.29 is 4.39 Å². The summed E-state index contributed by atoms with van der Waals surface area (Å²) in [6.45, 7) is 1.54. The van der Waals surface area contributed by atoms with Crippen molar-refractivity contribution in [3.05, 3.63) is 11.9 Å². The molecule has 0 saturated heterocycles. The highest BCUT2D eigenvalue weighted by Crippen LogP contribution is 1.92. The highest BCUT2D eigenvalue weighted by atomic mass is 19.1. The maximum Gasteiger partial charge on any atom is 0.313 e. The van der Waals surface area contributed by atoms with E-state index in [-0.39, 0.29) is 5.95 Å². The van der Waals surface area contributed by atoms with Crippen LogP contribution in [0.25, 0.3) is 0 Å². The zero-order valence-electron chi connectivity index (χ0n) is 4.80. The predicted molar refractivity (Wildman–Crippen MR) is 28.9 cm³/mol. The second-order valence-corrected chi connectivity index (χ2v) is 1.51. The van der Waals surface area contributed by atoms with E-state index >= 15 is 0 Å². The molecule has 0 amide bonds. The van der Waals surface area contributed by atoms with Crippen LogP contribution in [0, 0.1) is 13.0 Å². The summed E-state index contributed by atoms with van der Waals surface area (Å²) in [6.07, 6.45) is -0.833. The summed E-state index contributed by atoms with van der Waals surface area (Å²) < 4.78 is 12.1. The van der Waals surface area contributed by atoms with Gasteiger partial charge in [0.1, 0.15) is 5.82 Å². The van der Waals surface area contributed by atoms with Crippen molar-refractivity contribution in [3.63, 3.8) is 0 Å². The number of hydrogen-bond donors (Lipinski definition) is 1. The van der Waals surface area contributed by atoms with Crippen LogP contribution in [-0.2, 0) is 0 Å². The first-order chi connectivity index (χ1) is 4.18. The maximum absolute atomic E-state index is 12.1. The molecule has 0 fully saturated rings. The molecule has 48 valence electrons. The van der Waals surface area contributed by atoms with Gasteiger partial charge in [-0.1, -0.05) is 0 Å². The molecule has 5 heteroatoms. The van der Waals surface area contributed by atoms with E-state index in [2.05, 4.69) is 15.0 Å². The summed E-state index contributed by atoms with van der Waals surface area (Å²) in [4.78, 5) is 9.94. The van der Waals surface area contributed by atoms with E-state index in [0.717, 1.165) is 0 Å². The second-order valence-electron chi connectivity index (χ2n) is 1.51. The number of aromatic nitrogens is 3. The van der Waals surface area contributed by atoms with Crippen molar-refractivity contribution in [1.82, 2.24) is 15.0 Å². The van der Waals surface area contributed by atoms with Gasteiger partial charge in [0, 0.05) is 0 Å². The molecule has 0 atom stereocenters. The van der Waals surface area contributed by atoms with Gasteiger partial charge in [-0.3, -0.25) is 0 Å². The number of nitrogens with zero attached hydrogens (tertiary/aromatic N) is 3. The highest BCUT2D eigenvalue weighted by Gasteiger charge is 1.96. The minimum absolute atomic E-state index is 0.0833. The average molecular weight is 128 g/mol. The summed E-state index contributed by atoms with van der Waals surface area (Å²) in [7, 11) is 0. The molecule has 0 aliphatic rings. The fraction of sp³-hybridized carbons (Fsp3) is 0.250. The molecule has 0 bridgehead atoms. The summed E-state index contributed by atoms with van der Waals surface area (Å²) in [5.41, 5.74) is 5.06. The molecular formula is C4H5FN4. The normalized spacial score (nSPS) is 9.56. The molecule has 0 unspecified atom stereocenters. The Balaban J connectivity index is 3.17. The van der Waals surface area contributed by atoms with Crippen molar-refractivity contribution in [2.45, 2.75) is 6.92 Å². The van der Waals surface area contributed by atoms with Crippen LogP contribution in [0.1, 0.15) is 5.82 Å². The van der Waals surface area contributed by atoms with Crippen molar-refractivity contribution in [1.29, 1.82) is 0 Å². The van der Waals surface area contributed by atoms with Gasteiger partial charge >= 0.3 is 6.08 Å². The van der Waals surface area contributed by atoms with Gasteiger partial charge in [0.05, 0.1) is 0 Å². The van der Waals surface area contributed by atoms with E-state index in [9.17, 15) is 4.39 Å². The van der Waals surface area contributed by atoms with E-state index in [1.54, 1.807) is 6.92 Å². The van der Waals surface area contributed by atoms with Gasteiger partial charge in [-0.25, -0.2) is 0 Å². The lowest BCUT2D eigenvalue weighted by Crippen LogP contribution is -2.01. The number of nitrogens with two attached hydrogens (primary N) is 1. The first-order valence-corrected chi connectivity index (χ1v) is 2.32. The number of nitrogen functional groups attached to an aromatic ring is 1. The molecule has 0 radical (unpaired) electrons. The lowest BCUT2D eigenvalue weighted by molar-refractivity contribution is 0.530. The van der Waals surface area contributed by atoms with Crippen LogP contribution < -0.4 is 5.73 Å². The third-order valence-corrected chi connectivity index (χ3v) is 0.737. The van der Waals surface area contributed by atoms with Crippen LogP contribution >= 0.6 is 0 Å². The lowest BCUT2D eigenvalue weighted by atomic mass is 10.7. The molecule has 0 aliphatic heterocycles. The standard InChI is InChI=1S/C4H5FN4/c1-2-7-3(5)9-4(6)8-2/h1H3,(H2,6,7,8,9). The SMILES string of the molecule is Cc1nc(N)nc(F)n1. The molecule has 0 spiro atoms. The fourth-order valence-electron chi connectivity index (χ4n) is 0.469. The zero-order valence-corrected chi connectivity index (χ0v) is 4.80. The average Bonchev–Trinajstić information content (AvgIpc) is 1.59. The van der Waals surface area contributed by atoms with Gasteiger partial charge in [-0.05, 0) is 6.92 Å². The van der Waals surface area contributed by atoms with Gasteiger partial charge < -0.3 is 5.73 Å². The van der Waals surface area contributed by atoms with Gasteiger partial charge in [-0.2, -0.15) is 19.3 Å². The van der Waals surface area contributed by atoms with Crippen LogP contribution in [-0.4, -0.2) is 15.0 Å². The number of aryl methyl sites for hydroxylation is 1. The van der Waals surface area contributed by atoms with Crippen molar-refractivity contribution in [2.75, 3.05) is 5.73 Å². The largest absolute Gasteiger partial charge is 0.368 e. The van der Waals surface area contributed by atoms with Crippen LogP contribution in [0.4, 0.5) is 10.3 Å². The van der Waals surface area contributed by atoms with Crippen LogP contribution in [0.5, 0.6) is 0 Å². The number of rotatable bonds is 0.